The van der Waals surface area contributed by atoms with E-state index in [4.69, 9.17) is 9.26 Å². The Morgan fingerprint density at radius 1 is 1.18 bits per heavy atom. The average molecular weight is 297 g/mol. The zero-order valence-electron chi connectivity index (χ0n) is 11.4. The van der Waals surface area contributed by atoms with Gasteiger partial charge in [0.25, 0.3) is 5.89 Å². The summed E-state index contributed by atoms with van der Waals surface area (Å²) in [7, 11) is 0. The normalized spacial score (nSPS) is 10.4. The number of esters is 1. The Balaban J connectivity index is 1.67. The fourth-order valence-corrected chi connectivity index (χ4v) is 1.81. The van der Waals surface area contributed by atoms with Gasteiger partial charge in [-0.2, -0.15) is 9.71 Å². The number of hydrogen-bond acceptors (Lipinski definition) is 6. The second-order valence-electron chi connectivity index (χ2n) is 4.37. The Bertz CT molecular complexity index is 786. The Morgan fingerprint density at radius 3 is 2.73 bits per heavy atom. The van der Waals surface area contributed by atoms with Crippen molar-refractivity contribution in [3.8, 4) is 11.4 Å². The molecule has 7 nitrogen and oxygen atoms in total. The maximum absolute atomic E-state index is 11.8. The second kappa shape index (κ2) is 6.04. The molecule has 0 aliphatic heterocycles. The summed E-state index contributed by atoms with van der Waals surface area (Å²) in [6.07, 6.45) is 1.22. The maximum atomic E-state index is 11.8. The van der Waals surface area contributed by atoms with Crippen LogP contribution in [0, 0.1) is 5.21 Å². The van der Waals surface area contributed by atoms with Crippen molar-refractivity contribution in [1.82, 2.24) is 10.1 Å². The van der Waals surface area contributed by atoms with Crippen LogP contribution < -0.4 is 4.73 Å². The van der Waals surface area contributed by atoms with Gasteiger partial charge >= 0.3 is 11.7 Å². The van der Waals surface area contributed by atoms with Crippen LogP contribution in [0.15, 0.2) is 59.3 Å². The van der Waals surface area contributed by atoms with Crippen LogP contribution in [0.4, 0.5) is 0 Å². The molecule has 0 N–H and O–H groups in total. The number of rotatable bonds is 4. The first-order valence-corrected chi connectivity index (χ1v) is 6.47. The molecule has 0 radical (unpaired) electrons. The predicted molar refractivity (Wildman–Crippen MR) is 74.3 cm³/mol. The molecule has 0 aliphatic rings. The maximum Gasteiger partial charge on any atom is 0.405 e. The van der Waals surface area contributed by atoms with Crippen molar-refractivity contribution in [3.05, 3.63) is 71.5 Å². The predicted octanol–water partition coefficient (Wildman–Crippen LogP) is 1.73. The summed E-state index contributed by atoms with van der Waals surface area (Å²) < 4.78 is 10.4. The number of benzene rings is 1. The largest absolute Gasteiger partial charge is 0.618 e. The standard InChI is InChI=1S/C15H11N3O4/c19-15(12-8-4-5-9-18(12)20)21-10-13-16-14(17-22-13)11-6-2-1-3-7-11/h1-9H,10H2. The zero-order valence-corrected chi connectivity index (χ0v) is 11.4. The van der Waals surface area contributed by atoms with Gasteiger partial charge < -0.3 is 14.5 Å². The quantitative estimate of drug-likeness (QED) is 0.413. The summed E-state index contributed by atoms with van der Waals surface area (Å²) in [4.78, 5) is 15.9. The van der Waals surface area contributed by atoms with Crippen molar-refractivity contribution in [2.45, 2.75) is 6.61 Å². The third-order valence-electron chi connectivity index (χ3n) is 2.86. The van der Waals surface area contributed by atoms with Crippen LogP contribution in [0.2, 0.25) is 0 Å². The van der Waals surface area contributed by atoms with Gasteiger partial charge in [-0.3, -0.25) is 0 Å². The van der Waals surface area contributed by atoms with Crippen LogP contribution in [0.1, 0.15) is 16.4 Å². The Morgan fingerprint density at radius 2 is 1.95 bits per heavy atom. The highest BCUT2D eigenvalue weighted by atomic mass is 16.6. The van der Waals surface area contributed by atoms with Gasteiger partial charge in [0.2, 0.25) is 5.82 Å². The van der Waals surface area contributed by atoms with Crippen molar-refractivity contribution in [3.63, 3.8) is 0 Å². The number of nitrogens with zero attached hydrogens (tertiary/aromatic N) is 3. The molecule has 0 fully saturated rings. The third-order valence-corrected chi connectivity index (χ3v) is 2.86. The lowest BCUT2D eigenvalue weighted by Crippen LogP contribution is -2.34. The van der Waals surface area contributed by atoms with Gasteiger partial charge in [-0.15, -0.1) is 0 Å². The lowest BCUT2D eigenvalue weighted by molar-refractivity contribution is -0.608. The van der Waals surface area contributed by atoms with Crippen molar-refractivity contribution in [2.24, 2.45) is 0 Å². The topological polar surface area (TPSA) is 92.2 Å². The number of pyridine rings is 1. The molecule has 3 rings (SSSR count). The molecule has 0 amide bonds. The summed E-state index contributed by atoms with van der Waals surface area (Å²) in [6, 6.07) is 13.7. The Labute approximate surface area is 125 Å². The molecule has 7 heteroatoms. The van der Waals surface area contributed by atoms with Crippen molar-refractivity contribution in [2.75, 3.05) is 0 Å². The zero-order chi connectivity index (χ0) is 15.4. The summed E-state index contributed by atoms with van der Waals surface area (Å²) in [5.74, 6) is -0.194. The number of hydrogen-bond donors (Lipinski definition) is 0. The minimum absolute atomic E-state index is 0.106. The molecule has 0 unspecified atom stereocenters. The van der Waals surface area contributed by atoms with E-state index in [1.807, 2.05) is 30.3 Å². The van der Waals surface area contributed by atoms with Gasteiger partial charge in [0.15, 0.2) is 12.8 Å². The minimum atomic E-state index is -0.755. The van der Waals surface area contributed by atoms with E-state index in [-0.39, 0.29) is 18.2 Å². The minimum Gasteiger partial charge on any atom is -0.618 e. The second-order valence-corrected chi connectivity index (χ2v) is 4.37. The fraction of sp³-hybridized carbons (Fsp3) is 0.0667. The number of carbonyl (C=O) groups is 1. The molecule has 0 atom stereocenters. The first-order chi connectivity index (χ1) is 10.7. The average Bonchev–Trinajstić information content (AvgIpc) is 3.03. The molecule has 0 aliphatic carbocycles. The van der Waals surface area contributed by atoms with E-state index in [0.29, 0.717) is 10.6 Å². The van der Waals surface area contributed by atoms with E-state index in [0.717, 1.165) is 5.56 Å². The molecular formula is C15H11N3O4. The smallest absolute Gasteiger partial charge is 0.405 e. The molecular weight excluding hydrogens is 286 g/mol. The fourth-order valence-electron chi connectivity index (χ4n) is 1.81. The molecule has 22 heavy (non-hydrogen) atoms. The van der Waals surface area contributed by atoms with Crippen LogP contribution in [0.3, 0.4) is 0 Å². The van der Waals surface area contributed by atoms with E-state index in [1.165, 1.54) is 18.3 Å². The van der Waals surface area contributed by atoms with Gasteiger partial charge in [0.1, 0.15) is 0 Å². The van der Waals surface area contributed by atoms with Gasteiger partial charge in [-0.05, 0) is 6.07 Å². The van der Waals surface area contributed by atoms with E-state index < -0.39 is 5.97 Å². The van der Waals surface area contributed by atoms with E-state index in [2.05, 4.69) is 10.1 Å². The molecule has 1 aromatic carbocycles. The van der Waals surface area contributed by atoms with Gasteiger partial charge in [-0.1, -0.05) is 35.5 Å². The monoisotopic (exact) mass is 297 g/mol. The molecule has 2 aromatic heterocycles. The van der Waals surface area contributed by atoms with Crippen molar-refractivity contribution >= 4 is 5.97 Å². The van der Waals surface area contributed by atoms with Crippen LogP contribution in [0.5, 0.6) is 0 Å². The molecule has 0 spiro atoms. The van der Waals surface area contributed by atoms with E-state index >= 15 is 0 Å². The molecule has 0 saturated carbocycles. The third kappa shape index (κ3) is 2.93. The first-order valence-electron chi connectivity index (χ1n) is 6.47. The lowest BCUT2D eigenvalue weighted by Gasteiger charge is -2.02. The molecule has 3 aromatic rings. The van der Waals surface area contributed by atoms with E-state index in [1.54, 1.807) is 6.07 Å². The SMILES string of the molecule is O=C(OCc1nc(-c2ccccc2)no1)c1cccc[n+]1[O-]. The van der Waals surface area contributed by atoms with Crippen LogP contribution in [0.25, 0.3) is 11.4 Å². The number of ether oxygens (including phenoxy) is 1. The molecule has 2 heterocycles. The van der Waals surface area contributed by atoms with E-state index in [9.17, 15) is 10.0 Å². The number of aromatic nitrogens is 3. The lowest BCUT2D eigenvalue weighted by atomic mass is 10.2. The van der Waals surface area contributed by atoms with Crippen LogP contribution in [-0.2, 0) is 11.3 Å². The van der Waals surface area contributed by atoms with Gasteiger partial charge in [-0.25, -0.2) is 4.79 Å². The summed E-state index contributed by atoms with van der Waals surface area (Å²) in [5, 5.41) is 15.2. The highest BCUT2D eigenvalue weighted by molar-refractivity contribution is 5.85. The Hall–Kier alpha value is -3.22. The highest BCUT2D eigenvalue weighted by Crippen LogP contribution is 2.15. The highest BCUT2D eigenvalue weighted by Gasteiger charge is 2.18. The Kier molecular flexibility index (Phi) is 3.78. The molecule has 110 valence electrons. The molecule has 0 saturated heterocycles. The van der Waals surface area contributed by atoms with Gasteiger partial charge in [0, 0.05) is 17.7 Å². The van der Waals surface area contributed by atoms with Crippen LogP contribution in [-0.4, -0.2) is 16.1 Å². The summed E-state index contributed by atoms with van der Waals surface area (Å²) >= 11 is 0. The van der Waals surface area contributed by atoms with Crippen LogP contribution >= 0.6 is 0 Å². The van der Waals surface area contributed by atoms with Crippen molar-refractivity contribution in [1.29, 1.82) is 0 Å². The summed E-state index contributed by atoms with van der Waals surface area (Å²) in [5.41, 5.74) is 0.689. The summed E-state index contributed by atoms with van der Waals surface area (Å²) in [6.45, 7) is -0.201. The first kappa shape index (κ1) is 13.7. The molecule has 0 bridgehead atoms. The van der Waals surface area contributed by atoms with Crippen molar-refractivity contribution < 1.29 is 18.8 Å². The van der Waals surface area contributed by atoms with Gasteiger partial charge in [0.05, 0.1) is 0 Å². The number of carbonyl (C=O) groups excluding carboxylic acids is 1.